The molecule has 0 spiro atoms. The number of hydrogen-bond donors (Lipinski definition) is 1. The minimum Gasteiger partial charge on any atom is -0.396 e. The van der Waals surface area contributed by atoms with Crippen molar-refractivity contribution in [2.75, 3.05) is 6.61 Å². The maximum atomic E-state index is 12.3. The maximum Gasteiger partial charge on any atom is 0.139 e. The zero-order chi connectivity index (χ0) is 16.6. The predicted molar refractivity (Wildman–Crippen MR) is 94.0 cm³/mol. The van der Waals surface area contributed by atoms with E-state index < -0.39 is 0 Å². The van der Waals surface area contributed by atoms with E-state index in [4.69, 9.17) is 0 Å². The summed E-state index contributed by atoms with van der Waals surface area (Å²) in [5.41, 5.74) is 0.0380. The van der Waals surface area contributed by atoms with Crippen LogP contribution in [-0.2, 0) is 4.79 Å². The van der Waals surface area contributed by atoms with Crippen LogP contribution in [0.15, 0.2) is 0 Å². The minimum atomic E-state index is 0.0380. The molecule has 4 rings (SSSR count). The largest absolute Gasteiger partial charge is 0.396 e. The van der Waals surface area contributed by atoms with Crippen LogP contribution in [0.25, 0.3) is 0 Å². The van der Waals surface area contributed by atoms with Crippen molar-refractivity contribution < 1.29 is 9.90 Å². The lowest BCUT2D eigenvalue weighted by Crippen LogP contribution is -2.48. The standard InChI is InChI=1S/C19H30O2.C2H6/c1-19-9-8-15-14-4-2-12(11-20)10-13(14)3-5-16(15)17(19)6-7-18(19)21;1-2/h12-17,20H,2-11H2,1H3;1-2H3. The molecule has 0 heterocycles. The van der Waals surface area contributed by atoms with Crippen LogP contribution in [0.4, 0.5) is 0 Å². The number of rotatable bonds is 1. The lowest BCUT2D eigenvalue weighted by molar-refractivity contribution is -0.133. The molecular formula is C21H36O2. The van der Waals surface area contributed by atoms with Crippen LogP contribution in [0.2, 0.25) is 0 Å². The van der Waals surface area contributed by atoms with E-state index in [2.05, 4.69) is 6.92 Å². The first-order valence-corrected chi connectivity index (χ1v) is 10.3. The summed E-state index contributed by atoms with van der Waals surface area (Å²) >= 11 is 0. The normalized spacial score (nSPS) is 48.6. The van der Waals surface area contributed by atoms with Gasteiger partial charge in [-0.15, -0.1) is 0 Å². The second-order valence-electron chi connectivity index (χ2n) is 8.72. The van der Waals surface area contributed by atoms with E-state index in [1.807, 2.05) is 13.8 Å². The number of fused-ring (bicyclic) bond motifs is 5. The Labute approximate surface area is 142 Å². The average molecular weight is 321 g/mol. The molecule has 0 aromatic heterocycles. The Morgan fingerprint density at radius 1 is 1.00 bits per heavy atom. The van der Waals surface area contributed by atoms with Crippen LogP contribution < -0.4 is 0 Å². The van der Waals surface area contributed by atoms with Gasteiger partial charge in [-0.25, -0.2) is 0 Å². The summed E-state index contributed by atoms with van der Waals surface area (Å²) in [5, 5.41) is 9.46. The lowest BCUT2D eigenvalue weighted by Gasteiger charge is -2.54. The number of aliphatic hydroxyl groups excluding tert-OH is 1. The van der Waals surface area contributed by atoms with Gasteiger partial charge in [0.1, 0.15) is 5.78 Å². The summed E-state index contributed by atoms with van der Waals surface area (Å²) in [6, 6.07) is 0. The molecule has 0 aliphatic heterocycles. The van der Waals surface area contributed by atoms with E-state index in [0.29, 0.717) is 24.2 Å². The Bertz CT molecular complexity index is 432. The Kier molecular flexibility index (Phi) is 5.21. The van der Waals surface area contributed by atoms with Gasteiger partial charge in [-0.05, 0) is 86.9 Å². The van der Waals surface area contributed by atoms with Gasteiger partial charge in [-0.1, -0.05) is 20.8 Å². The first-order chi connectivity index (χ1) is 11.1. The molecule has 2 nitrogen and oxygen atoms in total. The van der Waals surface area contributed by atoms with Gasteiger partial charge in [-0.2, -0.15) is 0 Å². The van der Waals surface area contributed by atoms with Crippen LogP contribution in [0.1, 0.15) is 78.6 Å². The smallest absolute Gasteiger partial charge is 0.139 e. The summed E-state index contributed by atoms with van der Waals surface area (Å²) in [6.45, 7) is 6.67. The molecule has 0 aromatic rings. The van der Waals surface area contributed by atoms with Crippen molar-refractivity contribution in [3.05, 3.63) is 0 Å². The third kappa shape index (κ3) is 2.79. The van der Waals surface area contributed by atoms with Gasteiger partial charge >= 0.3 is 0 Å². The van der Waals surface area contributed by atoms with Gasteiger partial charge in [-0.3, -0.25) is 4.79 Å². The van der Waals surface area contributed by atoms with Gasteiger partial charge in [0.2, 0.25) is 0 Å². The third-order valence-corrected chi connectivity index (χ3v) is 8.03. The summed E-state index contributed by atoms with van der Waals surface area (Å²) in [4.78, 5) is 12.3. The fourth-order valence-corrected chi connectivity index (χ4v) is 6.89. The highest BCUT2D eigenvalue weighted by molar-refractivity contribution is 5.87. The Morgan fingerprint density at radius 3 is 2.48 bits per heavy atom. The predicted octanol–water partition coefficient (Wildman–Crippen LogP) is 4.84. The van der Waals surface area contributed by atoms with Crippen molar-refractivity contribution in [3.63, 3.8) is 0 Å². The van der Waals surface area contributed by atoms with Crippen LogP contribution in [0.3, 0.4) is 0 Å². The molecule has 0 radical (unpaired) electrons. The zero-order valence-corrected chi connectivity index (χ0v) is 15.4. The van der Waals surface area contributed by atoms with Crippen LogP contribution >= 0.6 is 0 Å². The number of hydrogen-bond acceptors (Lipinski definition) is 2. The molecule has 4 saturated carbocycles. The first-order valence-electron chi connectivity index (χ1n) is 10.3. The number of aliphatic hydroxyl groups is 1. The lowest BCUT2D eigenvalue weighted by atomic mass is 9.50. The van der Waals surface area contributed by atoms with Crippen molar-refractivity contribution in [1.82, 2.24) is 0 Å². The molecule has 4 aliphatic rings. The molecule has 132 valence electrons. The Morgan fingerprint density at radius 2 is 1.74 bits per heavy atom. The molecule has 4 aliphatic carbocycles. The number of carbonyl (C=O) groups is 1. The zero-order valence-electron chi connectivity index (χ0n) is 15.4. The third-order valence-electron chi connectivity index (χ3n) is 8.03. The Balaban J connectivity index is 0.000000753. The molecule has 0 saturated heterocycles. The molecule has 7 atom stereocenters. The Hall–Kier alpha value is -0.370. The summed E-state index contributed by atoms with van der Waals surface area (Å²) in [5.74, 6) is 5.35. The summed E-state index contributed by atoms with van der Waals surface area (Å²) < 4.78 is 0. The molecule has 0 bridgehead atoms. The molecule has 1 N–H and O–H groups in total. The summed E-state index contributed by atoms with van der Waals surface area (Å²) in [6.07, 6.45) is 11.1. The molecule has 4 fully saturated rings. The quantitative estimate of drug-likeness (QED) is 0.750. The minimum absolute atomic E-state index is 0.0380. The summed E-state index contributed by atoms with van der Waals surface area (Å²) in [7, 11) is 0. The molecule has 0 amide bonds. The second kappa shape index (κ2) is 6.86. The van der Waals surface area contributed by atoms with Crippen LogP contribution in [-0.4, -0.2) is 17.5 Å². The molecule has 0 aromatic carbocycles. The molecule has 7 unspecified atom stereocenters. The SMILES string of the molecule is CC.CC12CCC3C4CCC(CO)CC4CCC3C1CCC2=O. The van der Waals surface area contributed by atoms with Gasteiger partial charge in [0, 0.05) is 18.4 Å². The average Bonchev–Trinajstić information content (AvgIpc) is 2.91. The van der Waals surface area contributed by atoms with E-state index in [1.165, 1.54) is 44.9 Å². The van der Waals surface area contributed by atoms with Crippen LogP contribution in [0, 0.1) is 40.9 Å². The highest BCUT2D eigenvalue weighted by atomic mass is 16.3. The van der Waals surface area contributed by atoms with Crippen LogP contribution in [0.5, 0.6) is 0 Å². The van der Waals surface area contributed by atoms with Crippen molar-refractivity contribution in [2.45, 2.75) is 78.6 Å². The van der Waals surface area contributed by atoms with Gasteiger partial charge in [0.05, 0.1) is 0 Å². The number of carbonyl (C=O) groups excluding carboxylic acids is 1. The van der Waals surface area contributed by atoms with Gasteiger partial charge < -0.3 is 5.11 Å². The monoisotopic (exact) mass is 320 g/mol. The second-order valence-corrected chi connectivity index (χ2v) is 8.72. The maximum absolute atomic E-state index is 12.3. The fourth-order valence-electron chi connectivity index (χ4n) is 6.89. The topological polar surface area (TPSA) is 37.3 Å². The van der Waals surface area contributed by atoms with Gasteiger partial charge in [0.25, 0.3) is 0 Å². The van der Waals surface area contributed by atoms with E-state index in [1.54, 1.807) is 0 Å². The van der Waals surface area contributed by atoms with E-state index in [9.17, 15) is 9.90 Å². The van der Waals surface area contributed by atoms with E-state index in [-0.39, 0.29) is 5.41 Å². The van der Waals surface area contributed by atoms with E-state index >= 15 is 0 Å². The van der Waals surface area contributed by atoms with E-state index in [0.717, 1.165) is 36.5 Å². The van der Waals surface area contributed by atoms with Gasteiger partial charge in [0.15, 0.2) is 0 Å². The van der Waals surface area contributed by atoms with Crippen molar-refractivity contribution in [3.8, 4) is 0 Å². The first kappa shape index (κ1) is 17.5. The van der Waals surface area contributed by atoms with Crippen molar-refractivity contribution in [1.29, 1.82) is 0 Å². The van der Waals surface area contributed by atoms with Crippen molar-refractivity contribution >= 4 is 5.78 Å². The highest BCUT2D eigenvalue weighted by Crippen LogP contribution is 2.61. The fraction of sp³-hybridized carbons (Fsp3) is 0.952. The molecule has 2 heteroatoms. The number of ketones is 1. The highest BCUT2D eigenvalue weighted by Gasteiger charge is 2.56. The molecular weight excluding hydrogens is 284 g/mol. The number of Topliss-reactive ketones (excluding diaryl/α,β-unsaturated/α-hetero) is 1. The van der Waals surface area contributed by atoms with Crippen molar-refractivity contribution in [2.24, 2.45) is 40.9 Å². The molecule has 23 heavy (non-hydrogen) atoms.